The van der Waals surface area contributed by atoms with E-state index in [2.05, 4.69) is 5.32 Å². The molecule has 2 rings (SSSR count). The third-order valence-electron chi connectivity index (χ3n) is 4.25. The molecule has 0 aliphatic heterocycles. The molecule has 0 spiro atoms. The largest absolute Gasteiger partial charge is 0.493 e. The summed E-state index contributed by atoms with van der Waals surface area (Å²) in [6.07, 6.45) is 2.51. The van der Waals surface area contributed by atoms with E-state index in [1.165, 1.54) is 5.56 Å². The number of aliphatic carboxylic acids is 1. The number of carbonyl (C=O) groups is 1. The van der Waals surface area contributed by atoms with Crippen LogP contribution in [-0.4, -0.2) is 36.2 Å². The van der Waals surface area contributed by atoms with Gasteiger partial charge in [-0.3, -0.25) is 4.79 Å². The highest BCUT2D eigenvalue weighted by Crippen LogP contribution is 2.37. The highest BCUT2D eigenvalue weighted by Gasteiger charge is 2.17. The highest BCUT2D eigenvalue weighted by atomic mass is 35.5. The second kappa shape index (κ2) is 11.2. The molecule has 0 fully saturated rings. The van der Waals surface area contributed by atoms with Crippen LogP contribution in [0.25, 0.3) is 0 Å². The molecule has 152 valence electrons. The van der Waals surface area contributed by atoms with Crippen molar-refractivity contribution in [2.24, 2.45) is 0 Å². The van der Waals surface area contributed by atoms with Gasteiger partial charge < -0.3 is 19.9 Å². The van der Waals surface area contributed by atoms with Crippen LogP contribution < -0.4 is 14.8 Å². The number of hydrogen-bond donors (Lipinski definition) is 2. The van der Waals surface area contributed by atoms with E-state index in [-0.39, 0.29) is 0 Å². The van der Waals surface area contributed by atoms with E-state index in [1.54, 1.807) is 24.9 Å². The monoisotopic (exact) mass is 423 g/mol. The van der Waals surface area contributed by atoms with E-state index in [1.807, 2.05) is 43.5 Å². The van der Waals surface area contributed by atoms with Gasteiger partial charge >= 0.3 is 5.97 Å². The predicted octanol–water partition coefficient (Wildman–Crippen LogP) is 4.53. The first-order chi connectivity index (χ1) is 13.4. The molecule has 7 heteroatoms. The van der Waals surface area contributed by atoms with Gasteiger partial charge in [0.05, 0.1) is 12.1 Å². The minimum Gasteiger partial charge on any atom is -0.493 e. The summed E-state index contributed by atoms with van der Waals surface area (Å²) in [4.78, 5) is 11.4. The molecule has 0 aliphatic rings. The molecule has 0 bridgehead atoms. The number of methoxy groups -OCH3 is 1. The van der Waals surface area contributed by atoms with Crippen LogP contribution in [0.2, 0.25) is 5.02 Å². The van der Waals surface area contributed by atoms with Crippen LogP contribution in [0.3, 0.4) is 0 Å². The van der Waals surface area contributed by atoms with Crippen molar-refractivity contribution >= 4 is 29.3 Å². The molecular weight excluding hydrogens is 398 g/mol. The summed E-state index contributed by atoms with van der Waals surface area (Å²) in [6.45, 7) is 2.79. The van der Waals surface area contributed by atoms with Crippen molar-refractivity contribution in [3.05, 3.63) is 58.1 Å². The van der Waals surface area contributed by atoms with Crippen LogP contribution in [0.5, 0.6) is 11.5 Å². The Morgan fingerprint density at radius 3 is 2.57 bits per heavy atom. The molecule has 28 heavy (non-hydrogen) atoms. The molecule has 2 aromatic rings. The van der Waals surface area contributed by atoms with Gasteiger partial charge in [-0.25, -0.2) is 0 Å². The van der Waals surface area contributed by atoms with E-state index in [0.29, 0.717) is 36.1 Å². The summed E-state index contributed by atoms with van der Waals surface area (Å²) < 4.78 is 11.3. The Bertz CT molecular complexity index is 783. The van der Waals surface area contributed by atoms with E-state index in [4.69, 9.17) is 21.1 Å². The van der Waals surface area contributed by atoms with Crippen molar-refractivity contribution in [1.29, 1.82) is 0 Å². The molecule has 0 heterocycles. The van der Waals surface area contributed by atoms with Crippen molar-refractivity contribution in [1.82, 2.24) is 5.32 Å². The van der Waals surface area contributed by atoms with E-state index in [0.717, 1.165) is 16.9 Å². The minimum absolute atomic E-state index is 0.375. The van der Waals surface area contributed by atoms with E-state index >= 15 is 0 Å². The van der Waals surface area contributed by atoms with Crippen LogP contribution >= 0.6 is 23.4 Å². The standard InChI is InChI=1S/C21H26ClNO4S/c1-14-4-6-15(7-5-14)13-27-20-17(22)10-16(11-19(20)26-2)12-23-18(21(24)25)8-9-28-3/h4-7,10-11,18,23H,8-9,12-13H2,1-3H3,(H,24,25). The number of rotatable bonds is 11. The van der Waals surface area contributed by atoms with Crippen LogP contribution in [0.15, 0.2) is 36.4 Å². The summed E-state index contributed by atoms with van der Waals surface area (Å²) >= 11 is 8.04. The average Bonchev–Trinajstić information content (AvgIpc) is 2.67. The zero-order valence-electron chi connectivity index (χ0n) is 16.3. The number of aryl methyl sites for hydroxylation is 1. The topological polar surface area (TPSA) is 67.8 Å². The smallest absolute Gasteiger partial charge is 0.320 e. The van der Waals surface area contributed by atoms with Gasteiger partial charge in [-0.05, 0) is 48.6 Å². The van der Waals surface area contributed by atoms with Gasteiger partial charge in [0.25, 0.3) is 0 Å². The normalized spacial score (nSPS) is 11.9. The number of hydrogen-bond acceptors (Lipinski definition) is 5. The number of ether oxygens (including phenoxy) is 2. The van der Waals surface area contributed by atoms with Gasteiger partial charge in [-0.15, -0.1) is 0 Å². The molecule has 0 aromatic heterocycles. The fourth-order valence-corrected chi connectivity index (χ4v) is 3.40. The third kappa shape index (κ3) is 6.62. The Morgan fingerprint density at radius 2 is 1.96 bits per heavy atom. The van der Waals surface area contributed by atoms with Crippen LogP contribution in [0.4, 0.5) is 0 Å². The molecule has 2 aromatic carbocycles. The van der Waals surface area contributed by atoms with Gasteiger partial charge in [0.15, 0.2) is 11.5 Å². The van der Waals surface area contributed by atoms with Crippen molar-refractivity contribution in [2.75, 3.05) is 19.1 Å². The number of halogens is 1. The molecule has 0 saturated heterocycles. The zero-order valence-corrected chi connectivity index (χ0v) is 17.9. The summed E-state index contributed by atoms with van der Waals surface area (Å²) in [5, 5.41) is 12.8. The van der Waals surface area contributed by atoms with Crippen LogP contribution in [0, 0.1) is 6.92 Å². The molecule has 0 amide bonds. The Labute approximate surface area is 175 Å². The second-order valence-electron chi connectivity index (χ2n) is 6.44. The Kier molecular flexibility index (Phi) is 8.96. The molecule has 2 N–H and O–H groups in total. The quantitative estimate of drug-likeness (QED) is 0.553. The number of thioether (sulfide) groups is 1. The summed E-state index contributed by atoms with van der Waals surface area (Å²) in [7, 11) is 1.56. The molecule has 1 unspecified atom stereocenters. The lowest BCUT2D eigenvalue weighted by molar-refractivity contribution is -0.139. The van der Waals surface area contributed by atoms with Crippen LogP contribution in [0.1, 0.15) is 23.1 Å². The lowest BCUT2D eigenvalue weighted by Gasteiger charge is -2.17. The van der Waals surface area contributed by atoms with Gasteiger partial charge in [0.2, 0.25) is 0 Å². The van der Waals surface area contributed by atoms with Gasteiger partial charge in [-0.1, -0.05) is 41.4 Å². The molecule has 0 aliphatic carbocycles. The Hall–Kier alpha value is -1.89. The van der Waals surface area contributed by atoms with E-state index in [9.17, 15) is 9.90 Å². The number of nitrogens with one attached hydrogen (secondary N) is 1. The first-order valence-electron chi connectivity index (χ1n) is 8.94. The second-order valence-corrected chi connectivity index (χ2v) is 7.83. The maximum atomic E-state index is 11.4. The Balaban J connectivity index is 2.07. The predicted molar refractivity (Wildman–Crippen MR) is 115 cm³/mol. The fourth-order valence-electron chi connectivity index (χ4n) is 2.64. The van der Waals surface area contributed by atoms with Crippen molar-refractivity contribution in [3.8, 4) is 11.5 Å². The Morgan fingerprint density at radius 1 is 1.25 bits per heavy atom. The molecule has 5 nitrogen and oxygen atoms in total. The average molecular weight is 424 g/mol. The van der Waals surface area contributed by atoms with Crippen molar-refractivity contribution in [2.45, 2.75) is 32.5 Å². The molecule has 1 atom stereocenters. The maximum absolute atomic E-state index is 11.4. The summed E-state index contributed by atoms with van der Waals surface area (Å²) in [6, 6.07) is 11.1. The van der Waals surface area contributed by atoms with Gasteiger partial charge in [0.1, 0.15) is 12.6 Å². The summed E-state index contributed by atoms with van der Waals surface area (Å²) in [5.41, 5.74) is 3.06. The number of benzene rings is 2. The SMILES string of the molecule is COc1cc(CNC(CCSC)C(=O)O)cc(Cl)c1OCc1ccc(C)cc1. The first kappa shape index (κ1) is 22.4. The summed E-state index contributed by atoms with van der Waals surface area (Å²) in [5.74, 6) is 0.919. The van der Waals surface area contributed by atoms with Crippen LogP contribution in [-0.2, 0) is 17.9 Å². The van der Waals surface area contributed by atoms with E-state index < -0.39 is 12.0 Å². The lowest BCUT2D eigenvalue weighted by Crippen LogP contribution is -2.36. The maximum Gasteiger partial charge on any atom is 0.320 e. The molecular formula is C21H26ClNO4S. The molecule has 0 radical (unpaired) electrons. The third-order valence-corrected chi connectivity index (χ3v) is 5.18. The fraction of sp³-hybridized carbons (Fsp3) is 0.381. The minimum atomic E-state index is -0.856. The van der Waals surface area contributed by atoms with Crippen molar-refractivity contribution < 1.29 is 19.4 Å². The van der Waals surface area contributed by atoms with Crippen molar-refractivity contribution in [3.63, 3.8) is 0 Å². The lowest BCUT2D eigenvalue weighted by atomic mass is 10.1. The molecule has 0 saturated carbocycles. The van der Waals surface area contributed by atoms with Gasteiger partial charge in [0, 0.05) is 6.54 Å². The highest BCUT2D eigenvalue weighted by molar-refractivity contribution is 7.98. The number of carboxylic acid groups (broad SMARTS) is 1. The zero-order chi connectivity index (χ0) is 20.5. The van der Waals surface area contributed by atoms with Gasteiger partial charge in [-0.2, -0.15) is 11.8 Å². The first-order valence-corrected chi connectivity index (χ1v) is 10.7. The number of carboxylic acids is 1.